The lowest BCUT2D eigenvalue weighted by atomic mass is 9.88. The van der Waals surface area contributed by atoms with E-state index in [1.54, 1.807) is 6.07 Å². The van der Waals surface area contributed by atoms with Crippen molar-refractivity contribution in [3.8, 4) is 12.3 Å². The molecule has 0 aliphatic carbocycles. The Balaban J connectivity index is 2.00. The van der Waals surface area contributed by atoms with Crippen LogP contribution in [0, 0.1) is 12.3 Å². The molecule has 0 saturated heterocycles. The molecule has 0 aliphatic rings. The largest absolute Gasteiger partial charge is 0.383 e. The summed E-state index contributed by atoms with van der Waals surface area (Å²) in [5.41, 5.74) is 1.25. The molecule has 0 aliphatic heterocycles. The summed E-state index contributed by atoms with van der Waals surface area (Å²) in [6, 6.07) is 22.3. The van der Waals surface area contributed by atoms with Gasteiger partial charge in [-0.05, 0) is 16.3 Å². The monoisotopic (exact) mass is 300 g/mol. The Morgan fingerprint density at radius 3 is 2.30 bits per heavy atom. The number of Topliss-reactive ketones (excluding diaryl/α,β-unsaturated/α-hetero) is 1. The lowest BCUT2D eigenvalue weighted by Gasteiger charge is -2.18. The van der Waals surface area contributed by atoms with Crippen molar-refractivity contribution in [3.05, 3.63) is 83.9 Å². The number of ketones is 1. The Kier molecular flexibility index (Phi) is 4.23. The average Bonchev–Trinajstić information content (AvgIpc) is 2.62. The van der Waals surface area contributed by atoms with Crippen LogP contribution in [0.4, 0.5) is 0 Å². The van der Waals surface area contributed by atoms with Crippen LogP contribution in [0.2, 0.25) is 0 Å². The highest BCUT2D eigenvalue weighted by molar-refractivity contribution is 6.10. The maximum absolute atomic E-state index is 12.8. The van der Waals surface area contributed by atoms with Gasteiger partial charge in [-0.15, -0.1) is 6.42 Å². The topological polar surface area (TPSA) is 37.3 Å². The Hall–Kier alpha value is -2.89. The van der Waals surface area contributed by atoms with Crippen LogP contribution >= 0.6 is 0 Å². The third-order valence-corrected chi connectivity index (χ3v) is 3.98. The molecule has 2 nitrogen and oxygen atoms in total. The fourth-order valence-electron chi connectivity index (χ4n) is 2.78. The van der Waals surface area contributed by atoms with E-state index in [0.29, 0.717) is 5.56 Å². The zero-order valence-electron chi connectivity index (χ0n) is 12.5. The lowest BCUT2D eigenvalue weighted by molar-refractivity contribution is 0.0727. The van der Waals surface area contributed by atoms with Gasteiger partial charge in [-0.1, -0.05) is 78.7 Å². The van der Waals surface area contributed by atoms with Crippen LogP contribution in [-0.4, -0.2) is 17.0 Å². The normalized spacial score (nSPS) is 13.2. The Bertz CT molecular complexity index is 870. The molecule has 0 radical (unpaired) electrons. The molecule has 1 N–H and O–H groups in total. The summed E-state index contributed by atoms with van der Waals surface area (Å²) < 4.78 is 0. The fourth-order valence-corrected chi connectivity index (χ4v) is 2.78. The quantitative estimate of drug-likeness (QED) is 0.588. The van der Waals surface area contributed by atoms with Crippen LogP contribution in [0.1, 0.15) is 21.8 Å². The third-order valence-electron chi connectivity index (χ3n) is 3.98. The lowest BCUT2D eigenvalue weighted by Crippen LogP contribution is -2.27. The smallest absolute Gasteiger partial charge is 0.193 e. The van der Waals surface area contributed by atoms with Gasteiger partial charge in [-0.3, -0.25) is 4.79 Å². The Morgan fingerprint density at radius 1 is 0.913 bits per heavy atom. The van der Waals surface area contributed by atoms with E-state index in [4.69, 9.17) is 6.42 Å². The number of carbonyl (C=O) groups excluding carboxylic acids is 1. The van der Waals surface area contributed by atoms with Crippen molar-refractivity contribution in [2.75, 3.05) is 0 Å². The Morgan fingerprint density at radius 2 is 1.57 bits per heavy atom. The SMILES string of the molecule is C#C[C@@H](c1ccccc1)[C@H](O)C(=O)c1cccc2ccccc12. The van der Waals surface area contributed by atoms with E-state index in [1.165, 1.54) is 0 Å². The van der Waals surface area contributed by atoms with Crippen LogP contribution in [0.25, 0.3) is 10.8 Å². The summed E-state index contributed by atoms with van der Waals surface area (Å²) in [5, 5.41) is 12.3. The molecule has 2 atom stereocenters. The number of hydrogen-bond donors (Lipinski definition) is 1. The summed E-state index contributed by atoms with van der Waals surface area (Å²) in [4.78, 5) is 12.8. The van der Waals surface area contributed by atoms with E-state index in [1.807, 2.05) is 66.7 Å². The van der Waals surface area contributed by atoms with Crippen molar-refractivity contribution >= 4 is 16.6 Å². The molecule has 112 valence electrons. The van der Waals surface area contributed by atoms with Crippen LogP contribution in [0.5, 0.6) is 0 Å². The van der Waals surface area contributed by atoms with Gasteiger partial charge < -0.3 is 5.11 Å². The predicted molar refractivity (Wildman–Crippen MR) is 92.3 cm³/mol. The molecule has 0 spiro atoms. The summed E-state index contributed by atoms with van der Waals surface area (Å²) in [6.07, 6.45) is 4.30. The second kappa shape index (κ2) is 6.48. The highest BCUT2D eigenvalue weighted by Crippen LogP contribution is 2.25. The number of terminal acetylenes is 1. The molecule has 2 heteroatoms. The third kappa shape index (κ3) is 2.88. The van der Waals surface area contributed by atoms with Gasteiger partial charge in [-0.25, -0.2) is 0 Å². The summed E-state index contributed by atoms with van der Waals surface area (Å²) in [5.74, 6) is 1.53. The highest BCUT2D eigenvalue weighted by Gasteiger charge is 2.27. The minimum Gasteiger partial charge on any atom is -0.383 e. The predicted octanol–water partition coefficient (Wildman–Crippen LogP) is 3.80. The van der Waals surface area contributed by atoms with Crippen LogP contribution in [0.3, 0.4) is 0 Å². The van der Waals surface area contributed by atoms with Crippen molar-refractivity contribution in [3.63, 3.8) is 0 Å². The van der Waals surface area contributed by atoms with E-state index in [9.17, 15) is 9.90 Å². The first-order chi connectivity index (χ1) is 11.2. The van der Waals surface area contributed by atoms with Gasteiger partial charge in [0.15, 0.2) is 5.78 Å². The molecule has 3 aromatic carbocycles. The van der Waals surface area contributed by atoms with Crippen molar-refractivity contribution < 1.29 is 9.90 Å². The van der Waals surface area contributed by atoms with Crippen molar-refractivity contribution in [2.24, 2.45) is 0 Å². The van der Waals surface area contributed by atoms with E-state index < -0.39 is 12.0 Å². The van der Waals surface area contributed by atoms with E-state index in [0.717, 1.165) is 16.3 Å². The standard InChI is InChI=1S/C21H16O2/c1-2-17(15-9-4-3-5-10-15)20(22)21(23)19-14-8-12-16-11-6-7-13-18(16)19/h1,3-14,17,20,22H/t17-,20-/m0/s1. The number of aliphatic hydroxyl groups excluding tert-OH is 1. The zero-order valence-corrected chi connectivity index (χ0v) is 12.5. The van der Waals surface area contributed by atoms with Gasteiger partial charge in [-0.2, -0.15) is 0 Å². The number of rotatable bonds is 4. The summed E-state index contributed by atoms with van der Waals surface area (Å²) in [7, 11) is 0. The minimum atomic E-state index is -1.27. The van der Waals surface area contributed by atoms with Gasteiger partial charge >= 0.3 is 0 Å². The molecule has 0 saturated carbocycles. The molecule has 0 heterocycles. The van der Waals surface area contributed by atoms with E-state index in [2.05, 4.69) is 5.92 Å². The molecular weight excluding hydrogens is 284 g/mol. The van der Waals surface area contributed by atoms with Gasteiger partial charge in [0.25, 0.3) is 0 Å². The second-order valence-electron chi connectivity index (χ2n) is 5.39. The molecule has 0 fully saturated rings. The molecule has 3 aromatic rings. The minimum absolute atomic E-state index is 0.353. The number of fused-ring (bicyclic) bond motifs is 1. The van der Waals surface area contributed by atoms with Gasteiger partial charge in [0.05, 0.1) is 5.92 Å². The van der Waals surface area contributed by atoms with Crippen molar-refractivity contribution in [1.82, 2.24) is 0 Å². The number of aliphatic hydroxyl groups is 1. The Labute approximate surface area is 135 Å². The van der Waals surface area contributed by atoms with Crippen molar-refractivity contribution in [2.45, 2.75) is 12.0 Å². The number of benzene rings is 3. The first-order valence-electron chi connectivity index (χ1n) is 7.43. The number of hydrogen-bond acceptors (Lipinski definition) is 2. The van der Waals surface area contributed by atoms with Gasteiger partial charge in [0, 0.05) is 5.56 Å². The summed E-state index contributed by atoms with van der Waals surface area (Å²) in [6.45, 7) is 0. The van der Waals surface area contributed by atoms with E-state index >= 15 is 0 Å². The first-order valence-corrected chi connectivity index (χ1v) is 7.43. The number of carbonyl (C=O) groups is 1. The molecular formula is C21H16O2. The molecule has 0 bridgehead atoms. The molecule has 0 amide bonds. The maximum atomic E-state index is 12.8. The molecule has 0 unspecified atom stereocenters. The van der Waals surface area contributed by atoms with Crippen LogP contribution in [0.15, 0.2) is 72.8 Å². The van der Waals surface area contributed by atoms with Gasteiger partial charge in [0.1, 0.15) is 6.10 Å². The fraction of sp³-hybridized carbons (Fsp3) is 0.0952. The van der Waals surface area contributed by atoms with Crippen LogP contribution < -0.4 is 0 Å². The molecule has 0 aromatic heterocycles. The first kappa shape index (κ1) is 15.0. The average molecular weight is 300 g/mol. The highest BCUT2D eigenvalue weighted by atomic mass is 16.3. The molecule has 23 heavy (non-hydrogen) atoms. The van der Waals surface area contributed by atoms with Crippen molar-refractivity contribution in [1.29, 1.82) is 0 Å². The molecule has 3 rings (SSSR count). The zero-order chi connectivity index (χ0) is 16.2. The summed E-state index contributed by atoms with van der Waals surface area (Å²) >= 11 is 0. The van der Waals surface area contributed by atoms with E-state index in [-0.39, 0.29) is 5.78 Å². The maximum Gasteiger partial charge on any atom is 0.193 e. The second-order valence-corrected chi connectivity index (χ2v) is 5.39. The van der Waals surface area contributed by atoms with Crippen LogP contribution in [-0.2, 0) is 0 Å². The van der Waals surface area contributed by atoms with Gasteiger partial charge in [0.2, 0.25) is 0 Å².